The largest absolute Gasteiger partial charge is 0.427 e. The fraction of sp³-hybridized carbons (Fsp3) is 0.375. The molecule has 1 amide bonds. The lowest BCUT2D eigenvalue weighted by Crippen LogP contribution is -2.11. The first-order chi connectivity index (χ1) is 11.0. The van der Waals surface area contributed by atoms with Gasteiger partial charge in [0.1, 0.15) is 10.8 Å². The van der Waals surface area contributed by atoms with Gasteiger partial charge in [-0.2, -0.15) is 0 Å². The third kappa shape index (κ3) is 4.85. The second-order valence-electron chi connectivity index (χ2n) is 5.21. The van der Waals surface area contributed by atoms with E-state index < -0.39 is 5.97 Å². The van der Waals surface area contributed by atoms with Crippen LogP contribution >= 0.6 is 11.3 Å². The van der Waals surface area contributed by atoms with E-state index in [0.717, 1.165) is 17.8 Å². The van der Waals surface area contributed by atoms with Crippen LogP contribution in [0, 0.1) is 0 Å². The zero-order valence-corrected chi connectivity index (χ0v) is 14.1. The van der Waals surface area contributed by atoms with Crippen LogP contribution < -0.4 is 10.1 Å². The zero-order chi connectivity index (χ0) is 16.8. The molecule has 0 fully saturated rings. The Balaban J connectivity index is 2.00. The van der Waals surface area contributed by atoms with Gasteiger partial charge >= 0.3 is 5.97 Å². The van der Waals surface area contributed by atoms with Gasteiger partial charge < -0.3 is 4.74 Å². The third-order valence-corrected chi connectivity index (χ3v) is 4.25. The molecular weight excluding hydrogens is 314 g/mol. The molecule has 0 unspecified atom stereocenters. The minimum atomic E-state index is -0.398. The highest BCUT2D eigenvalue weighted by molar-refractivity contribution is 7.15. The van der Waals surface area contributed by atoms with E-state index in [1.165, 1.54) is 18.3 Å². The lowest BCUT2D eigenvalue weighted by atomic mass is 10.1. The molecule has 0 saturated heterocycles. The van der Waals surface area contributed by atoms with Crippen molar-refractivity contribution in [2.45, 2.75) is 39.5 Å². The standard InChI is InChI=1S/C16H19N3O3S/c1-4-5-10(2)15-18-19-16(23-15)17-14(21)12-6-8-13(9-7-12)22-11(3)20/h6-10H,4-5H2,1-3H3,(H,17,19,21)/t10-/m1/s1. The number of carbonyl (C=O) groups excluding carboxylic acids is 2. The normalized spacial score (nSPS) is 11.8. The van der Waals surface area contributed by atoms with Gasteiger partial charge in [-0.3, -0.25) is 14.9 Å². The lowest BCUT2D eigenvalue weighted by molar-refractivity contribution is -0.131. The molecule has 2 aromatic rings. The van der Waals surface area contributed by atoms with Gasteiger partial charge in [0, 0.05) is 18.4 Å². The van der Waals surface area contributed by atoms with Crippen molar-refractivity contribution in [2.75, 3.05) is 5.32 Å². The fourth-order valence-corrected chi connectivity index (χ4v) is 2.87. The van der Waals surface area contributed by atoms with Crippen molar-refractivity contribution >= 4 is 28.3 Å². The maximum atomic E-state index is 12.2. The van der Waals surface area contributed by atoms with Gasteiger partial charge in [-0.1, -0.05) is 31.6 Å². The molecule has 0 saturated carbocycles. The summed E-state index contributed by atoms with van der Waals surface area (Å²) in [4.78, 5) is 23.0. The van der Waals surface area contributed by atoms with Crippen molar-refractivity contribution < 1.29 is 14.3 Å². The molecule has 1 heterocycles. The Bertz CT molecular complexity index is 682. The quantitative estimate of drug-likeness (QED) is 0.645. The maximum absolute atomic E-state index is 12.2. The smallest absolute Gasteiger partial charge is 0.308 e. The second kappa shape index (κ2) is 7.82. The highest BCUT2D eigenvalue weighted by Gasteiger charge is 2.14. The number of esters is 1. The highest BCUT2D eigenvalue weighted by Crippen LogP contribution is 2.26. The van der Waals surface area contributed by atoms with E-state index in [2.05, 4.69) is 29.4 Å². The first kappa shape index (κ1) is 17.1. The Morgan fingerprint density at radius 3 is 2.57 bits per heavy atom. The molecule has 0 aliphatic heterocycles. The molecule has 1 aromatic heterocycles. The van der Waals surface area contributed by atoms with E-state index in [0.29, 0.717) is 22.4 Å². The molecule has 1 atom stereocenters. The molecule has 0 aliphatic rings. The van der Waals surface area contributed by atoms with Gasteiger partial charge in [0.05, 0.1) is 0 Å². The van der Waals surface area contributed by atoms with Crippen LogP contribution in [0.25, 0.3) is 0 Å². The summed E-state index contributed by atoms with van der Waals surface area (Å²) in [7, 11) is 0. The molecule has 0 spiro atoms. The van der Waals surface area contributed by atoms with Crippen LogP contribution in [0.1, 0.15) is 54.9 Å². The van der Waals surface area contributed by atoms with Crippen molar-refractivity contribution in [1.82, 2.24) is 10.2 Å². The van der Waals surface area contributed by atoms with Crippen molar-refractivity contribution in [3.05, 3.63) is 34.8 Å². The predicted octanol–water partition coefficient (Wildman–Crippen LogP) is 3.62. The molecule has 1 aromatic carbocycles. The van der Waals surface area contributed by atoms with Crippen molar-refractivity contribution in [2.24, 2.45) is 0 Å². The number of nitrogens with one attached hydrogen (secondary N) is 1. The van der Waals surface area contributed by atoms with Gasteiger partial charge in [0.15, 0.2) is 0 Å². The molecule has 122 valence electrons. The van der Waals surface area contributed by atoms with Crippen LogP contribution in [0.4, 0.5) is 5.13 Å². The van der Waals surface area contributed by atoms with Gasteiger partial charge in [0.2, 0.25) is 5.13 Å². The predicted molar refractivity (Wildman–Crippen MR) is 88.9 cm³/mol. The number of anilines is 1. The molecule has 6 nitrogen and oxygen atoms in total. The first-order valence-corrected chi connectivity index (χ1v) is 8.24. The van der Waals surface area contributed by atoms with Gasteiger partial charge in [-0.25, -0.2) is 0 Å². The van der Waals surface area contributed by atoms with Crippen LogP contribution in [0.5, 0.6) is 5.75 Å². The summed E-state index contributed by atoms with van der Waals surface area (Å²) in [5.74, 6) is 0.0711. The minimum absolute atomic E-state index is 0.273. The molecule has 7 heteroatoms. The number of rotatable bonds is 6. The molecule has 2 rings (SSSR count). The van der Waals surface area contributed by atoms with E-state index >= 15 is 0 Å². The summed E-state index contributed by atoms with van der Waals surface area (Å²) < 4.78 is 4.93. The number of aromatic nitrogens is 2. The topological polar surface area (TPSA) is 81.2 Å². The molecule has 23 heavy (non-hydrogen) atoms. The molecule has 0 aliphatic carbocycles. The lowest BCUT2D eigenvalue weighted by Gasteiger charge is -2.04. The number of carbonyl (C=O) groups is 2. The summed E-state index contributed by atoms with van der Waals surface area (Å²) in [6, 6.07) is 6.33. The zero-order valence-electron chi connectivity index (χ0n) is 13.3. The first-order valence-electron chi connectivity index (χ1n) is 7.42. The van der Waals surface area contributed by atoms with E-state index in [9.17, 15) is 9.59 Å². The summed E-state index contributed by atoms with van der Waals surface area (Å²) in [5, 5.41) is 12.3. The highest BCUT2D eigenvalue weighted by atomic mass is 32.1. The Morgan fingerprint density at radius 2 is 1.96 bits per heavy atom. The van der Waals surface area contributed by atoms with Crippen LogP contribution in [0.15, 0.2) is 24.3 Å². The van der Waals surface area contributed by atoms with Gasteiger partial charge in [0.25, 0.3) is 5.91 Å². The monoisotopic (exact) mass is 333 g/mol. The summed E-state index contributed by atoms with van der Waals surface area (Å²) >= 11 is 1.39. The Kier molecular flexibility index (Phi) is 5.81. The maximum Gasteiger partial charge on any atom is 0.308 e. The summed E-state index contributed by atoms with van der Waals surface area (Å²) in [6.45, 7) is 5.55. The second-order valence-corrected chi connectivity index (χ2v) is 6.22. The molecule has 0 radical (unpaired) electrons. The number of nitrogens with zero attached hydrogens (tertiary/aromatic N) is 2. The Morgan fingerprint density at radius 1 is 1.26 bits per heavy atom. The number of amides is 1. The number of hydrogen-bond donors (Lipinski definition) is 1. The van der Waals surface area contributed by atoms with E-state index in [-0.39, 0.29) is 5.91 Å². The van der Waals surface area contributed by atoms with Crippen LogP contribution in [0.2, 0.25) is 0 Å². The molecular formula is C16H19N3O3S. The summed E-state index contributed by atoms with van der Waals surface area (Å²) in [6.07, 6.45) is 2.12. The number of benzene rings is 1. The summed E-state index contributed by atoms with van der Waals surface area (Å²) in [5.41, 5.74) is 0.458. The van der Waals surface area contributed by atoms with Crippen molar-refractivity contribution in [1.29, 1.82) is 0 Å². The minimum Gasteiger partial charge on any atom is -0.427 e. The van der Waals surface area contributed by atoms with E-state index in [1.807, 2.05) is 0 Å². The Hall–Kier alpha value is -2.28. The fourth-order valence-electron chi connectivity index (χ4n) is 2.05. The van der Waals surface area contributed by atoms with Crippen LogP contribution in [-0.2, 0) is 4.79 Å². The average Bonchev–Trinajstić information content (AvgIpc) is 2.96. The Labute approximate surface area is 138 Å². The number of hydrogen-bond acceptors (Lipinski definition) is 6. The van der Waals surface area contributed by atoms with Crippen LogP contribution in [0.3, 0.4) is 0 Å². The molecule has 1 N–H and O–H groups in total. The van der Waals surface area contributed by atoms with Gasteiger partial charge in [-0.15, -0.1) is 10.2 Å². The van der Waals surface area contributed by atoms with Crippen molar-refractivity contribution in [3.63, 3.8) is 0 Å². The molecule has 0 bridgehead atoms. The SMILES string of the molecule is CCC[C@@H](C)c1nnc(NC(=O)c2ccc(OC(C)=O)cc2)s1. The van der Waals surface area contributed by atoms with E-state index in [1.54, 1.807) is 24.3 Å². The van der Waals surface area contributed by atoms with E-state index in [4.69, 9.17) is 4.74 Å². The number of ether oxygens (including phenoxy) is 1. The van der Waals surface area contributed by atoms with Gasteiger partial charge in [-0.05, 0) is 30.7 Å². The van der Waals surface area contributed by atoms with Crippen LogP contribution in [-0.4, -0.2) is 22.1 Å². The average molecular weight is 333 g/mol. The van der Waals surface area contributed by atoms with Crippen molar-refractivity contribution in [3.8, 4) is 5.75 Å². The third-order valence-electron chi connectivity index (χ3n) is 3.18.